The third-order valence-electron chi connectivity index (χ3n) is 3.57. The standard InChI is InChI=1S/C15H24N4O/c1-3-7-18-8-10-19(11-9-18)15(20)13-5-6-14(16-4-2)17-12-13/h5-6,12H,3-4,7-11H2,1-2H3,(H,16,17). The number of anilines is 1. The summed E-state index contributed by atoms with van der Waals surface area (Å²) in [6.07, 6.45) is 2.84. The summed E-state index contributed by atoms with van der Waals surface area (Å²) in [5.74, 6) is 0.911. The monoisotopic (exact) mass is 276 g/mol. The van der Waals surface area contributed by atoms with E-state index in [0.29, 0.717) is 5.56 Å². The molecule has 2 rings (SSSR count). The molecule has 1 saturated heterocycles. The Bertz CT molecular complexity index is 424. The molecule has 110 valence electrons. The van der Waals surface area contributed by atoms with Crippen molar-refractivity contribution in [2.75, 3.05) is 44.6 Å². The highest BCUT2D eigenvalue weighted by Crippen LogP contribution is 2.10. The lowest BCUT2D eigenvalue weighted by Crippen LogP contribution is -2.48. The van der Waals surface area contributed by atoms with Gasteiger partial charge in [-0.05, 0) is 32.0 Å². The Labute approximate surface area is 121 Å². The maximum Gasteiger partial charge on any atom is 0.255 e. The Balaban J connectivity index is 1.91. The lowest BCUT2D eigenvalue weighted by Gasteiger charge is -2.34. The lowest BCUT2D eigenvalue weighted by molar-refractivity contribution is 0.0637. The zero-order valence-electron chi connectivity index (χ0n) is 12.4. The van der Waals surface area contributed by atoms with E-state index < -0.39 is 0 Å². The van der Waals surface area contributed by atoms with Gasteiger partial charge in [-0.3, -0.25) is 9.69 Å². The van der Waals surface area contributed by atoms with Gasteiger partial charge in [-0.25, -0.2) is 4.98 Å². The van der Waals surface area contributed by atoms with Crippen LogP contribution in [0.4, 0.5) is 5.82 Å². The first-order valence-corrected chi connectivity index (χ1v) is 7.46. The van der Waals surface area contributed by atoms with Crippen LogP contribution < -0.4 is 5.32 Å². The second-order valence-electron chi connectivity index (χ2n) is 5.10. The van der Waals surface area contributed by atoms with E-state index in [2.05, 4.69) is 22.1 Å². The van der Waals surface area contributed by atoms with Gasteiger partial charge < -0.3 is 10.2 Å². The molecule has 0 radical (unpaired) electrons. The molecule has 0 spiro atoms. The number of hydrogen-bond donors (Lipinski definition) is 1. The Morgan fingerprint density at radius 3 is 2.55 bits per heavy atom. The highest BCUT2D eigenvalue weighted by Gasteiger charge is 2.21. The van der Waals surface area contributed by atoms with E-state index in [1.54, 1.807) is 6.20 Å². The number of nitrogens with one attached hydrogen (secondary N) is 1. The summed E-state index contributed by atoms with van der Waals surface area (Å²) in [5, 5.41) is 3.13. The molecule has 1 N–H and O–H groups in total. The number of nitrogens with zero attached hydrogens (tertiary/aromatic N) is 3. The molecule has 1 aromatic rings. The van der Waals surface area contributed by atoms with E-state index in [4.69, 9.17) is 0 Å². The molecule has 0 bridgehead atoms. The summed E-state index contributed by atoms with van der Waals surface area (Å²) in [6.45, 7) is 9.75. The summed E-state index contributed by atoms with van der Waals surface area (Å²) in [5.41, 5.74) is 0.676. The number of rotatable bonds is 5. The zero-order chi connectivity index (χ0) is 14.4. The smallest absolute Gasteiger partial charge is 0.255 e. The topological polar surface area (TPSA) is 48.5 Å². The molecule has 1 aliphatic heterocycles. The second kappa shape index (κ2) is 7.24. The summed E-state index contributed by atoms with van der Waals surface area (Å²) in [7, 11) is 0. The average molecular weight is 276 g/mol. The van der Waals surface area contributed by atoms with Crippen LogP contribution in [-0.4, -0.2) is 60.0 Å². The molecule has 5 nitrogen and oxygen atoms in total. The first-order valence-electron chi connectivity index (χ1n) is 7.46. The number of pyridine rings is 1. The normalized spacial score (nSPS) is 16.2. The van der Waals surface area contributed by atoms with Crippen molar-refractivity contribution >= 4 is 11.7 Å². The van der Waals surface area contributed by atoms with Crippen LogP contribution in [-0.2, 0) is 0 Å². The first kappa shape index (κ1) is 14.8. The van der Waals surface area contributed by atoms with E-state index in [1.165, 1.54) is 6.42 Å². The molecular weight excluding hydrogens is 252 g/mol. The Hall–Kier alpha value is -1.62. The number of aromatic nitrogens is 1. The van der Waals surface area contributed by atoms with Crippen molar-refractivity contribution in [2.45, 2.75) is 20.3 Å². The molecule has 1 amide bonds. The predicted octanol–water partition coefficient (Wildman–Crippen LogP) is 1.68. The summed E-state index contributed by atoms with van der Waals surface area (Å²) < 4.78 is 0. The molecule has 0 unspecified atom stereocenters. The van der Waals surface area contributed by atoms with E-state index in [1.807, 2.05) is 24.0 Å². The first-order chi connectivity index (χ1) is 9.74. The maximum absolute atomic E-state index is 12.4. The number of carbonyl (C=O) groups excluding carboxylic acids is 1. The molecule has 2 heterocycles. The van der Waals surface area contributed by atoms with Gasteiger partial charge in [0.2, 0.25) is 0 Å². The van der Waals surface area contributed by atoms with E-state index >= 15 is 0 Å². The SMILES string of the molecule is CCCN1CCN(C(=O)c2ccc(NCC)nc2)CC1. The lowest BCUT2D eigenvalue weighted by atomic mass is 10.2. The highest BCUT2D eigenvalue weighted by molar-refractivity contribution is 5.94. The number of hydrogen-bond acceptors (Lipinski definition) is 4. The second-order valence-corrected chi connectivity index (χ2v) is 5.10. The fourth-order valence-electron chi connectivity index (χ4n) is 2.48. The van der Waals surface area contributed by atoms with Crippen LogP contribution in [0.5, 0.6) is 0 Å². The third kappa shape index (κ3) is 3.70. The average Bonchev–Trinajstić information content (AvgIpc) is 2.49. The van der Waals surface area contributed by atoms with Gasteiger partial charge in [0, 0.05) is 38.9 Å². The van der Waals surface area contributed by atoms with Gasteiger partial charge in [0.1, 0.15) is 5.82 Å². The molecule has 1 fully saturated rings. The van der Waals surface area contributed by atoms with Crippen molar-refractivity contribution in [2.24, 2.45) is 0 Å². The van der Waals surface area contributed by atoms with Crippen molar-refractivity contribution in [1.29, 1.82) is 0 Å². The van der Waals surface area contributed by atoms with E-state index in [0.717, 1.165) is 45.1 Å². The molecule has 1 aliphatic rings. The fraction of sp³-hybridized carbons (Fsp3) is 0.600. The molecule has 1 aromatic heterocycles. The molecule has 0 atom stereocenters. The number of carbonyl (C=O) groups is 1. The van der Waals surface area contributed by atoms with Gasteiger partial charge in [0.25, 0.3) is 5.91 Å². The summed E-state index contributed by atoms with van der Waals surface area (Å²) in [6, 6.07) is 3.72. The Kier molecular flexibility index (Phi) is 5.35. The van der Waals surface area contributed by atoms with Crippen molar-refractivity contribution < 1.29 is 4.79 Å². The van der Waals surface area contributed by atoms with Crippen molar-refractivity contribution in [3.8, 4) is 0 Å². The van der Waals surface area contributed by atoms with E-state index in [-0.39, 0.29) is 5.91 Å². The van der Waals surface area contributed by atoms with Gasteiger partial charge in [-0.2, -0.15) is 0 Å². The Morgan fingerprint density at radius 2 is 2.00 bits per heavy atom. The van der Waals surface area contributed by atoms with Crippen molar-refractivity contribution in [1.82, 2.24) is 14.8 Å². The molecule has 0 saturated carbocycles. The molecule has 0 aromatic carbocycles. The molecule has 20 heavy (non-hydrogen) atoms. The van der Waals surface area contributed by atoms with Crippen LogP contribution in [0.2, 0.25) is 0 Å². The van der Waals surface area contributed by atoms with Gasteiger partial charge in [-0.15, -0.1) is 0 Å². The molecule has 0 aliphatic carbocycles. The van der Waals surface area contributed by atoms with E-state index in [9.17, 15) is 4.79 Å². The summed E-state index contributed by atoms with van der Waals surface area (Å²) >= 11 is 0. The van der Waals surface area contributed by atoms with Crippen LogP contribution in [0, 0.1) is 0 Å². The number of piperazine rings is 1. The largest absolute Gasteiger partial charge is 0.370 e. The predicted molar refractivity (Wildman–Crippen MR) is 81.0 cm³/mol. The summed E-state index contributed by atoms with van der Waals surface area (Å²) in [4.78, 5) is 21.0. The zero-order valence-corrected chi connectivity index (χ0v) is 12.4. The van der Waals surface area contributed by atoms with Crippen LogP contribution >= 0.6 is 0 Å². The fourth-order valence-corrected chi connectivity index (χ4v) is 2.48. The van der Waals surface area contributed by atoms with Gasteiger partial charge in [-0.1, -0.05) is 6.92 Å². The minimum Gasteiger partial charge on any atom is -0.370 e. The Morgan fingerprint density at radius 1 is 1.25 bits per heavy atom. The van der Waals surface area contributed by atoms with Gasteiger partial charge >= 0.3 is 0 Å². The quantitative estimate of drug-likeness (QED) is 0.889. The number of amides is 1. The van der Waals surface area contributed by atoms with Crippen LogP contribution in [0.3, 0.4) is 0 Å². The van der Waals surface area contributed by atoms with Gasteiger partial charge in [0.05, 0.1) is 5.56 Å². The van der Waals surface area contributed by atoms with Crippen LogP contribution in [0.25, 0.3) is 0 Å². The minimum absolute atomic E-state index is 0.0942. The minimum atomic E-state index is 0.0942. The maximum atomic E-state index is 12.4. The molecular formula is C15H24N4O. The van der Waals surface area contributed by atoms with Crippen LogP contribution in [0.1, 0.15) is 30.6 Å². The van der Waals surface area contributed by atoms with Crippen molar-refractivity contribution in [3.63, 3.8) is 0 Å². The highest BCUT2D eigenvalue weighted by atomic mass is 16.2. The third-order valence-corrected chi connectivity index (χ3v) is 3.57. The van der Waals surface area contributed by atoms with Gasteiger partial charge in [0.15, 0.2) is 0 Å². The molecule has 5 heteroatoms. The van der Waals surface area contributed by atoms with Crippen molar-refractivity contribution in [3.05, 3.63) is 23.9 Å². The van der Waals surface area contributed by atoms with Crippen LogP contribution in [0.15, 0.2) is 18.3 Å².